The SMILES string of the molecule is CC(CS(C)(=O)=O)NC1=NC(C(C)(C)C)CCS1. The Morgan fingerprint density at radius 1 is 1.50 bits per heavy atom. The first-order valence-electron chi connectivity index (χ1n) is 6.23. The minimum atomic E-state index is -2.94. The number of sulfone groups is 1. The summed E-state index contributed by atoms with van der Waals surface area (Å²) in [5, 5.41) is 4.10. The Labute approximate surface area is 115 Å². The van der Waals surface area contributed by atoms with Crippen LogP contribution in [0.3, 0.4) is 0 Å². The van der Waals surface area contributed by atoms with Crippen LogP contribution >= 0.6 is 11.8 Å². The van der Waals surface area contributed by atoms with Crippen molar-refractivity contribution in [3.05, 3.63) is 0 Å². The summed E-state index contributed by atoms with van der Waals surface area (Å²) in [5.41, 5.74) is 0.161. The van der Waals surface area contributed by atoms with Crippen LogP contribution in [-0.4, -0.2) is 43.4 Å². The fraction of sp³-hybridized carbons (Fsp3) is 0.917. The van der Waals surface area contributed by atoms with Gasteiger partial charge in [0.15, 0.2) is 5.17 Å². The third kappa shape index (κ3) is 5.61. The minimum absolute atomic E-state index is 0.0926. The van der Waals surface area contributed by atoms with Crippen LogP contribution in [0.25, 0.3) is 0 Å². The summed E-state index contributed by atoms with van der Waals surface area (Å²) < 4.78 is 22.4. The Kier molecular flexibility index (Phi) is 5.12. The molecule has 2 unspecified atom stereocenters. The molecule has 1 N–H and O–H groups in total. The van der Waals surface area contributed by atoms with Crippen LogP contribution < -0.4 is 5.32 Å². The topological polar surface area (TPSA) is 58.5 Å². The average Bonchev–Trinajstić information content (AvgIpc) is 2.13. The van der Waals surface area contributed by atoms with Crippen molar-refractivity contribution < 1.29 is 8.42 Å². The first-order chi connectivity index (χ1) is 8.08. The number of rotatable bonds is 3. The van der Waals surface area contributed by atoms with Gasteiger partial charge in [-0.15, -0.1) is 0 Å². The number of amidine groups is 1. The first kappa shape index (κ1) is 15.8. The van der Waals surface area contributed by atoms with Crippen molar-refractivity contribution in [2.24, 2.45) is 10.4 Å². The van der Waals surface area contributed by atoms with E-state index < -0.39 is 9.84 Å². The molecule has 1 aliphatic rings. The monoisotopic (exact) mass is 292 g/mol. The van der Waals surface area contributed by atoms with Crippen molar-refractivity contribution in [3.63, 3.8) is 0 Å². The number of nitrogens with one attached hydrogen (secondary N) is 1. The molecular weight excluding hydrogens is 268 g/mol. The van der Waals surface area contributed by atoms with E-state index in [9.17, 15) is 8.42 Å². The van der Waals surface area contributed by atoms with Gasteiger partial charge >= 0.3 is 0 Å². The highest BCUT2D eigenvalue weighted by molar-refractivity contribution is 8.13. The maximum Gasteiger partial charge on any atom is 0.157 e. The maximum atomic E-state index is 11.2. The van der Waals surface area contributed by atoms with E-state index in [0.717, 1.165) is 17.3 Å². The van der Waals surface area contributed by atoms with Gasteiger partial charge in [-0.25, -0.2) is 8.42 Å². The van der Waals surface area contributed by atoms with Gasteiger partial charge in [-0.2, -0.15) is 0 Å². The second-order valence-electron chi connectivity index (χ2n) is 6.09. The zero-order valence-electron chi connectivity index (χ0n) is 11.9. The molecule has 2 atom stereocenters. The van der Waals surface area contributed by atoms with E-state index in [0.29, 0.717) is 6.04 Å². The van der Waals surface area contributed by atoms with E-state index in [4.69, 9.17) is 4.99 Å². The number of hydrogen-bond acceptors (Lipinski definition) is 5. The van der Waals surface area contributed by atoms with E-state index >= 15 is 0 Å². The van der Waals surface area contributed by atoms with Gasteiger partial charge in [-0.3, -0.25) is 4.99 Å². The molecule has 0 saturated carbocycles. The van der Waals surface area contributed by atoms with Crippen molar-refractivity contribution in [1.82, 2.24) is 5.32 Å². The molecule has 0 aliphatic carbocycles. The number of nitrogens with zero attached hydrogens (tertiary/aromatic N) is 1. The van der Waals surface area contributed by atoms with Crippen molar-refractivity contribution in [3.8, 4) is 0 Å². The fourth-order valence-corrected chi connectivity index (χ4v) is 3.94. The summed E-state index contributed by atoms with van der Waals surface area (Å²) in [4.78, 5) is 4.70. The summed E-state index contributed by atoms with van der Waals surface area (Å²) in [6, 6.07) is 0.219. The van der Waals surface area contributed by atoms with Crippen LogP contribution in [0.4, 0.5) is 0 Å². The molecule has 4 nitrogen and oxygen atoms in total. The molecule has 0 aromatic carbocycles. The Morgan fingerprint density at radius 2 is 2.11 bits per heavy atom. The number of aliphatic imine (C=N–C) groups is 1. The van der Waals surface area contributed by atoms with Crippen LogP contribution in [-0.2, 0) is 9.84 Å². The van der Waals surface area contributed by atoms with Gasteiger partial charge in [-0.1, -0.05) is 32.5 Å². The molecule has 18 heavy (non-hydrogen) atoms. The zero-order valence-corrected chi connectivity index (χ0v) is 13.5. The molecule has 0 fully saturated rings. The number of hydrogen-bond donors (Lipinski definition) is 1. The van der Waals surface area contributed by atoms with Gasteiger partial charge in [0.25, 0.3) is 0 Å². The molecule has 1 heterocycles. The summed E-state index contributed by atoms with van der Waals surface area (Å²) in [6.07, 6.45) is 2.35. The highest BCUT2D eigenvalue weighted by Gasteiger charge is 2.27. The second kappa shape index (κ2) is 5.82. The minimum Gasteiger partial charge on any atom is -0.361 e. The summed E-state index contributed by atoms with van der Waals surface area (Å²) in [6.45, 7) is 8.45. The lowest BCUT2D eigenvalue weighted by Gasteiger charge is -2.31. The Balaban J connectivity index is 2.64. The third-order valence-electron chi connectivity index (χ3n) is 2.83. The highest BCUT2D eigenvalue weighted by Crippen LogP contribution is 2.30. The lowest BCUT2D eigenvalue weighted by molar-refractivity contribution is 0.315. The standard InChI is InChI=1S/C12H24N2O2S2/c1-9(8-18(5,15)16)13-11-14-10(6-7-17-11)12(2,3)4/h9-10H,6-8H2,1-5H3,(H,13,14). The molecule has 0 saturated heterocycles. The van der Waals surface area contributed by atoms with Crippen LogP contribution in [0.2, 0.25) is 0 Å². The predicted molar refractivity (Wildman–Crippen MR) is 80.1 cm³/mol. The van der Waals surface area contributed by atoms with Crippen molar-refractivity contribution in [1.29, 1.82) is 0 Å². The molecule has 6 heteroatoms. The Morgan fingerprint density at radius 3 is 2.61 bits per heavy atom. The summed E-state index contributed by atoms with van der Waals surface area (Å²) in [7, 11) is -2.94. The molecule has 1 aliphatic heterocycles. The quantitative estimate of drug-likeness (QED) is 0.863. The first-order valence-corrected chi connectivity index (χ1v) is 9.27. The predicted octanol–water partition coefficient (Wildman–Crippen LogP) is 1.92. The van der Waals surface area contributed by atoms with Gasteiger partial charge in [0.05, 0.1) is 11.8 Å². The van der Waals surface area contributed by atoms with Gasteiger partial charge in [0.1, 0.15) is 9.84 Å². The lowest BCUT2D eigenvalue weighted by Crippen LogP contribution is -2.39. The normalized spacial score (nSPS) is 23.4. The molecule has 0 radical (unpaired) electrons. The molecular formula is C12H24N2O2S2. The molecule has 1 rings (SSSR count). The zero-order chi connectivity index (χ0) is 14.0. The van der Waals surface area contributed by atoms with E-state index in [1.54, 1.807) is 11.8 Å². The highest BCUT2D eigenvalue weighted by atomic mass is 32.2. The molecule has 0 aromatic rings. The average molecular weight is 292 g/mol. The van der Waals surface area contributed by atoms with E-state index in [2.05, 4.69) is 26.1 Å². The van der Waals surface area contributed by atoms with Crippen molar-refractivity contribution in [2.45, 2.75) is 46.2 Å². The van der Waals surface area contributed by atoms with E-state index in [1.165, 1.54) is 6.26 Å². The molecule has 0 spiro atoms. The molecule has 0 aromatic heterocycles. The van der Waals surface area contributed by atoms with E-state index in [-0.39, 0.29) is 17.2 Å². The summed E-state index contributed by atoms with van der Waals surface area (Å²) in [5.74, 6) is 1.19. The van der Waals surface area contributed by atoms with Crippen molar-refractivity contribution in [2.75, 3.05) is 17.8 Å². The van der Waals surface area contributed by atoms with Gasteiger partial charge in [0, 0.05) is 18.1 Å². The second-order valence-corrected chi connectivity index (χ2v) is 9.36. The largest absolute Gasteiger partial charge is 0.361 e. The summed E-state index contributed by atoms with van der Waals surface area (Å²) >= 11 is 1.68. The maximum absolute atomic E-state index is 11.2. The van der Waals surface area contributed by atoms with Crippen LogP contribution in [0.15, 0.2) is 4.99 Å². The van der Waals surface area contributed by atoms with Crippen LogP contribution in [0.5, 0.6) is 0 Å². The van der Waals surface area contributed by atoms with Gasteiger partial charge < -0.3 is 5.32 Å². The fourth-order valence-electron chi connectivity index (χ4n) is 1.92. The molecule has 106 valence electrons. The van der Waals surface area contributed by atoms with E-state index in [1.807, 2.05) is 6.92 Å². The van der Waals surface area contributed by atoms with Crippen LogP contribution in [0, 0.1) is 5.41 Å². The Hall–Kier alpha value is -0.230. The smallest absolute Gasteiger partial charge is 0.157 e. The lowest BCUT2D eigenvalue weighted by atomic mass is 9.85. The molecule has 0 amide bonds. The van der Waals surface area contributed by atoms with Crippen molar-refractivity contribution >= 4 is 26.8 Å². The Bertz CT molecular complexity index is 410. The van der Waals surface area contributed by atoms with Crippen LogP contribution in [0.1, 0.15) is 34.1 Å². The number of thioether (sulfide) groups is 1. The van der Waals surface area contributed by atoms with Gasteiger partial charge in [0.2, 0.25) is 0 Å². The van der Waals surface area contributed by atoms with Gasteiger partial charge in [-0.05, 0) is 18.8 Å². The third-order valence-corrected chi connectivity index (χ3v) is 4.87. The molecule has 0 bridgehead atoms.